The molecule has 0 radical (unpaired) electrons. The Kier molecular flexibility index (Phi) is 5.85. The van der Waals surface area contributed by atoms with E-state index >= 15 is 0 Å². The molecule has 0 saturated heterocycles. The van der Waals surface area contributed by atoms with Gasteiger partial charge in [-0.25, -0.2) is 4.79 Å². The van der Waals surface area contributed by atoms with Gasteiger partial charge >= 0.3 is 12.1 Å². The van der Waals surface area contributed by atoms with Crippen LogP contribution in [0.5, 0.6) is 5.75 Å². The monoisotopic (exact) mass is 345 g/mol. The van der Waals surface area contributed by atoms with Gasteiger partial charge < -0.3 is 14.6 Å². The van der Waals surface area contributed by atoms with Crippen molar-refractivity contribution in [1.82, 2.24) is 0 Å². The van der Waals surface area contributed by atoms with Gasteiger partial charge in [-0.05, 0) is 39.3 Å². The first-order valence-corrected chi connectivity index (χ1v) is 8.12. The maximum absolute atomic E-state index is 12.0. The molecule has 1 amide bonds. The number of carbonyl (C=O) groups is 2. The molecule has 0 aliphatic heterocycles. The number of anilines is 1. The van der Waals surface area contributed by atoms with Gasteiger partial charge in [0.15, 0.2) is 0 Å². The Bertz CT molecular complexity index is 764. The number of benzene rings is 2. The lowest BCUT2D eigenvalue weighted by atomic mass is 10.1. The van der Waals surface area contributed by atoms with Gasteiger partial charge in [-0.1, -0.05) is 24.3 Å². The molecule has 0 unspecified atom stereocenters. The number of amides is 1. The predicted molar refractivity (Wildman–Crippen MR) is 96.2 cm³/mol. The van der Waals surface area contributed by atoms with Gasteiger partial charge in [0.2, 0.25) is 0 Å². The van der Waals surface area contributed by atoms with Crippen LogP contribution >= 0.6 is 0 Å². The van der Waals surface area contributed by atoms with Gasteiger partial charge in [0.25, 0.3) is 0 Å². The second-order valence-electron chi connectivity index (χ2n) is 6.63. The fraction of sp³-hybridized carbons (Fsp3) is 0.368. The van der Waals surface area contributed by atoms with Crippen LogP contribution in [0.2, 0.25) is 0 Å². The molecule has 0 fully saturated rings. The number of ether oxygens (including phenoxy) is 2. The summed E-state index contributed by atoms with van der Waals surface area (Å²) in [5.74, 6) is -0.193. The van der Waals surface area contributed by atoms with Gasteiger partial charge in [0.1, 0.15) is 11.4 Å². The van der Waals surface area contributed by atoms with Crippen LogP contribution in [0, 0.1) is 0 Å². The lowest BCUT2D eigenvalue weighted by Gasteiger charge is -2.20. The first kappa shape index (κ1) is 18.6. The van der Waals surface area contributed by atoms with Crippen molar-refractivity contribution in [1.29, 1.82) is 0 Å². The van der Waals surface area contributed by atoms with Crippen molar-refractivity contribution in [3.8, 4) is 5.75 Å². The van der Waals surface area contributed by atoms with Crippen molar-refractivity contribution in [2.24, 2.45) is 0 Å². The molecule has 0 aliphatic rings. The van der Waals surface area contributed by atoms with E-state index in [1.807, 2.05) is 24.3 Å². The third-order valence-electron chi connectivity index (χ3n) is 3.31. The zero-order chi connectivity index (χ0) is 18.4. The highest BCUT2D eigenvalue weighted by molar-refractivity contribution is 6.02. The van der Waals surface area contributed by atoms with Gasteiger partial charge in [-0.2, -0.15) is 0 Å². The highest BCUT2D eigenvalue weighted by Gasteiger charge is 2.17. The molecule has 2 rings (SSSR count). The molecule has 0 bridgehead atoms. The van der Waals surface area contributed by atoms with Gasteiger partial charge in [0.05, 0.1) is 12.3 Å². The van der Waals surface area contributed by atoms with E-state index in [1.165, 1.54) is 0 Å². The average Bonchev–Trinajstić information content (AvgIpc) is 2.51. The zero-order valence-electron chi connectivity index (χ0n) is 14.7. The third kappa shape index (κ3) is 5.67. The molecule has 25 heavy (non-hydrogen) atoms. The lowest BCUT2D eigenvalue weighted by Crippen LogP contribution is -2.27. The molecule has 0 spiro atoms. The van der Waals surface area contributed by atoms with E-state index in [9.17, 15) is 9.59 Å². The summed E-state index contributed by atoms with van der Waals surface area (Å²) in [5, 5.41) is 13.1. The third-order valence-corrected chi connectivity index (χ3v) is 3.31. The van der Waals surface area contributed by atoms with Crippen LogP contribution in [0.3, 0.4) is 0 Å². The quantitative estimate of drug-likeness (QED) is 0.757. The SMILES string of the molecule is CC(C)(C)OC(=O)Nc1ccc(OCCCC(=O)O)c2ccccc12. The Morgan fingerprint density at radius 3 is 2.40 bits per heavy atom. The number of hydrogen-bond acceptors (Lipinski definition) is 4. The molecule has 0 saturated carbocycles. The van der Waals surface area contributed by atoms with Crippen molar-refractivity contribution >= 4 is 28.5 Å². The predicted octanol–water partition coefficient (Wildman–Crippen LogP) is 4.43. The van der Waals surface area contributed by atoms with E-state index in [4.69, 9.17) is 14.6 Å². The fourth-order valence-corrected chi connectivity index (χ4v) is 2.33. The normalized spacial score (nSPS) is 11.2. The lowest BCUT2D eigenvalue weighted by molar-refractivity contribution is -0.137. The summed E-state index contributed by atoms with van der Waals surface area (Å²) in [4.78, 5) is 22.6. The summed E-state index contributed by atoms with van der Waals surface area (Å²) in [5.41, 5.74) is 0.0512. The Labute approximate surface area is 146 Å². The molecule has 0 heterocycles. The van der Waals surface area contributed by atoms with Crippen molar-refractivity contribution < 1.29 is 24.2 Å². The van der Waals surface area contributed by atoms with Crippen LogP contribution in [-0.4, -0.2) is 29.4 Å². The Hall–Kier alpha value is -2.76. The molecular weight excluding hydrogens is 322 g/mol. The van der Waals surface area contributed by atoms with E-state index in [2.05, 4.69) is 5.32 Å². The molecule has 0 atom stereocenters. The highest BCUT2D eigenvalue weighted by Crippen LogP contribution is 2.32. The van der Waals surface area contributed by atoms with Crippen LogP contribution in [0.15, 0.2) is 36.4 Å². The molecule has 6 nitrogen and oxygen atoms in total. The number of hydrogen-bond donors (Lipinski definition) is 2. The molecule has 134 valence electrons. The number of carbonyl (C=O) groups excluding carboxylic acids is 1. The minimum atomic E-state index is -0.842. The van der Waals surface area contributed by atoms with E-state index in [-0.39, 0.29) is 6.42 Å². The van der Waals surface area contributed by atoms with Gasteiger partial charge in [-0.15, -0.1) is 0 Å². The number of carboxylic acids is 1. The fourth-order valence-electron chi connectivity index (χ4n) is 2.33. The Balaban J connectivity index is 2.17. The molecule has 2 aromatic carbocycles. The zero-order valence-corrected chi connectivity index (χ0v) is 14.7. The van der Waals surface area contributed by atoms with Gasteiger partial charge in [0, 0.05) is 17.2 Å². The molecule has 2 aromatic rings. The van der Waals surface area contributed by atoms with Crippen LogP contribution < -0.4 is 10.1 Å². The average molecular weight is 345 g/mol. The van der Waals surface area contributed by atoms with Gasteiger partial charge in [-0.3, -0.25) is 10.1 Å². The summed E-state index contributed by atoms with van der Waals surface area (Å²) >= 11 is 0. The Morgan fingerprint density at radius 2 is 1.76 bits per heavy atom. The summed E-state index contributed by atoms with van der Waals surface area (Å²) in [6.45, 7) is 5.73. The van der Waals surface area contributed by atoms with Crippen LogP contribution in [0.4, 0.5) is 10.5 Å². The molecular formula is C19H23NO5. The molecule has 2 N–H and O–H groups in total. The van der Waals surface area contributed by atoms with E-state index in [0.717, 1.165) is 10.8 Å². The molecule has 0 aliphatic carbocycles. The standard InChI is InChI=1S/C19H23NO5/c1-19(2,3)25-18(23)20-15-10-11-16(24-12-6-9-17(21)22)14-8-5-4-7-13(14)15/h4-5,7-8,10-11H,6,9,12H2,1-3H3,(H,20,23)(H,21,22). The summed E-state index contributed by atoms with van der Waals surface area (Å²) in [6, 6.07) is 11.0. The summed E-state index contributed by atoms with van der Waals surface area (Å²) < 4.78 is 11.0. The minimum absolute atomic E-state index is 0.0657. The summed E-state index contributed by atoms with van der Waals surface area (Å²) in [7, 11) is 0. The van der Waals surface area contributed by atoms with Crippen molar-refractivity contribution in [2.75, 3.05) is 11.9 Å². The number of aliphatic carboxylic acids is 1. The summed E-state index contributed by atoms with van der Waals surface area (Å²) in [6.07, 6.45) is -0.0228. The van der Waals surface area contributed by atoms with Crippen molar-refractivity contribution in [3.05, 3.63) is 36.4 Å². The van der Waals surface area contributed by atoms with Crippen molar-refractivity contribution in [3.63, 3.8) is 0 Å². The van der Waals surface area contributed by atoms with Crippen LogP contribution in [-0.2, 0) is 9.53 Å². The largest absolute Gasteiger partial charge is 0.493 e. The second kappa shape index (κ2) is 7.88. The molecule has 6 heteroatoms. The maximum atomic E-state index is 12.0. The first-order chi connectivity index (χ1) is 11.8. The second-order valence-corrected chi connectivity index (χ2v) is 6.63. The van der Waals surface area contributed by atoms with Crippen LogP contribution in [0.25, 0.3) is 10.8 Å². The Morgan fingerprint density at radius 1 is 1.08 bits per heavy atom. The van der Waals surface area contributed by atoms with E-state index < -0.39 is 17.7 Å². The molecule has 0 aromatic heterocycles. The van der Waals surface area contributed by atoms with E-state index in [0.29, 0.717) is 24.5 Å². The number of carboxylic acid groups (broad SMARTS) is 1. The number of fused-ring (bicyclic) bond motifs is 1. The maximum Gasteiger partial charge on any atom is 0.412 e. The minimum Gasteiger partial charge on any atom is -0.493 e. The van der Waals surface area contributed by atoms with Crippen LogP contribution in [0.1, 0.15) is 33.6 Å². The number of rotatable bonds is 6. The highest BCUT2D eigenvalue weighted by atomic mass is 16.6. The first-order valence-electron chi connectivity index (χ1n) is 8.12. The topological polar surface area (TPSA) is 84.9 Å². The number of nitrogens with one attached hydrogen (secondary N) is 1. The smallest absolute Gasteiger partial charge is 0.412 e. The van der Waals surface area contributed by atoms with Crippen molar-refractivity contribution in [2.45, 2.75) is 39.2 Å². The van der Waals surface area contributed by atoms with E-state index in [1.54, 1.807) is 32.9 Å².